The second kappa shape index (κ2) is 8.56. The zero-order chi connectivity index (χ0) is 22.0. The largest absolute Gasteiger partial charge is 0.481 e. The number of hydrogen-bond acceptors (Lipinski definition) is 5. The Bertz CT molecular complexity index is 1130. The van der Waals surface area contributed by atoms with Gasteiger partial charge in [0.2, 0.25) is 5.88 Å². The van der Waals surface area contributed by atoms with E-state index in [2.05, 4.69) is 29.2 Å². The number of aryl methyl sites for hydroxylation is 1. The molecule has 0 fully saturated rings. The summed E-state index contributed by atoms with van der Waals surface area (Å²) in [6.45, 7) is 3.37. The number of pyridine rings is 1. The third-order valence-corrected chi connectivity index (χ3v) is 6.37. The number of benzene rings is 2. The molecule has 3 aromatic rings. The molecule has 1 aliphatic rings. The molecule has 0 radical (unpaired) electrons. The fraction of sp³-hybridized carbons (Fsp3) is 0.385. The van der Waals surface area contributed by atoms with Crippen molar-refractivity contribution in [3.05, 3.63) is 64.7 Å². The summed E-state index contributed by atoms with van der Waals surface area (Å²) in [5.74, 6) is 0.735. The van der Waals surface area contributed by atoms with E-state index < -0.39 is 5.41 Å². The molecule has 0 saturated heterocycles. The van der Waals surface area contributed by atoms with Gasteiger partial charge in [-0.25, -0.2) is 4.98 Å². The summed E-state index contributed by atoms with van der Waals surface area (Å²) in [5.41, 5.74) is 11.6. The molecule has 0 aliphatic heterocycles. The first-order valence-corrected chi connectivity index (χ1v) is 10.9. The summed E-state index contributed by atoms with van der Waals surface area (Å²) in [6, 6.07) is 16.8. The first-order valence-electron chi connectivity index (χ1n) is 10.9. The summed E-state index contributed by atoms with van der Waals surface area (Å²) in [5, 5.41) is 11.3. The zero-order valence-electron chi connectivity index (χ0n) is 18.6. The number of likely N-dealkylation sites (N-methyl/N-ethyl adjacent to an activating group) is 1. The van der Waals surface area contributed by atoms with Gasteiger partial charge in [-0.05, 0) is 74.5 Å². The lowest BCUT2D eigenvalue weighted by Gasteiger charge is -2.29. The number of nitriles is 1. The average molecular weight is 415 g/mol. The van der Waals surface area contributed by atoms with E-state index in [0.717, 1.165) is 42.0 Å². The van der Waals surface area contributed by atoms with E-state index in [-0.39, 0.29) is 0 Å². The van der Waals surface area contributed by atoms with Gasteiger partial charge in [-0.3, -0.25) is 0 Å². The summed E-state index contributed by atoms with van der Waals surface area (Å²) in [6.07, 6.45) is 4.46. The van der Waals surface area contributed by atoms with Crippen LogP contribution in [-0.2, 0) is 24.8 Å². The van der Waals surface area contributed by atoms with Crippen LogP contribution in [0.3, 0.4) is 0 Å². The van der Waals surface area contributed by atoms with Crippen LogP contribution in [0.5, 0.6) is 5.88 Å². The average Bonchev–Trinajstić information content (AvgIpc) is 2.79. The van der Waals surface area contributed by atoms with Crippen molar-refractivity contribution in [2.24, 2.45) is 0 Å². The van der Waals surface area contributed by atoms with Crippen molar-refractivity contribution >= 4 is 16.6 Å². The molecule has 1 atom stereocenters. The van der Waals surface area contributed by atoms with Gasteiger partial charge in [-0.15, -0.1) is 0 Å². The standard InChI is InChI=1S/C26H30N4O/c1-26(16-27,17-30(2)15-18-8-11-20(28)12-9-18)19-10-13-22-21-6-4-5-7-23(21)25(31-3)29-24(22)14-19/h8-14H,4-7,15,17,28H2,1-3H3. The van der Waals surface area contributed by atoms with Gasteiger partial charge in [0.05, 0.1) is 24.1 Å². The fourth-order valence-corrected chi connectivity index (χ4v) is 4.73. The molecule has 1 aliphatic carbocycles. The SMILES string of the molecule is COc1nc2cc(C(C)(C#N)CN(C)Cc3ccc(N)cc3)ccc2c2c1CCCC2. The van der Waals surface area contributed by atoms with Gasteiger partial charge in [0, 0.05) is 29.7 Å². The molecule has 1 unspecified atom stereocenters. The number of rotatable bonds is 6. The van der Waals surface area contributed by atoms with E-state index in [1.54, 1.807) is 7.11 Å². The lowest BCUT2D eigenvalue weighted by molar-refractivity contribution is 0.281. The van der Waals surface area contributed by atoms with Crippen LogP contribution in [0.4, 0.5) is 5.69 Å². The molecule has 0 saturated carbocycles. The first kappa shape index (κ1) is 21.1. The van der Waals surface area contributed by atoms with Gasteiger partial charge in [0.15, 0.2) is 0 Å². The van der Waals surface area contributed by atoms with Crippen molar-refractivity contribution in [3.8, 4) is 11.9 Å². The highest BCUT2D eigenvalue weighted by Crippen LogP contribution is 2.36. The molecule has 31 heavy (non-hydrogen) atoms. The third-order valence-electron chi connectivity index (χ3n) is 6.37. The number of nitrogens with two attached hydrogens (primary N) is 1. The Morgan fingerprint density at radius 1 is 1.13 bits per heavy atom. The topological polar surface area (TPSA) is 75.2 Å². The monoisotopic (exact) mass is 414 g/mol. The number of methoxy groups -OCH3 is 1. The Labute approximate surface area is 184 Å². The maximum atomic E-state index is 10.1. The number of aromatic nitrogens is 1. The quantitative estimate of drug-likeness (QED) is 0.596. The Morgan fingerprint density at radius 2 is 1.84 bits per heavy atom. The van der Waals surface area contributed by atoms with Gasteiger partial charge < -0.3 is 15.4 Å². The molecule has 2 N–H and O–H groups in total. The van der Waals surface area contributed by atoms with E-state index in [9.17, 15) is 5.26 Å². The van der Waals surface area contributed by atoms with E-state index in [4.69, 9.17) is 15.5 Å². The summed E-state index contributed by atoms with van der Waals surface area (Å²) >= 11 is 0. The van der Waals surface area contributed by atoms with E-state index in [1.165, 1.54) is 34.9 Å². The highest BCUT2D eigenvalue weighted by atomic mass is 16.5. The van der Waals surface area contributed by atoms with Crippen LogP contribution in [0.25, 0.3) is 10.9 Å². The third kappa shape index (κ3) is 4.22. The smallest absolute Gasteiger partial charge is 0.217 e. The maximum Gasteiger partial charge on any atom is 0.217 e. The number of ether oxygens (including phenoxy) is 1. The highest BCUT2D eigenvalue weighted by molar-refractivity contribution is 5.85. The minimum absolute atomic E-state index is 0.613. The van der Waals surface area contributed by atoms with Crippen LogP contribution in [0.2, 0.25) is 0 Å². The molecule has 2 aromatic carbocycles. The van der Waals surface area contributed by atoms with Crippen LogP contribution in [0.1, 0.15) is 42.0 Å². The summed E-state index contributed by atoms with van der Waals surface area (Å²) in [4.78, 5) is 6.99. The van der Waals surface area contributed by atoms with E-state index in [1.807, 2.05) is 38.2 Å². The molecular weight excluding hydrogens is 384 g/mol. The molecular formula is C26H30N4O. The molecule has 0 bridgehead atoms. The van der Waals surface area contributed by atoms with Crippen molar-refractivity contribution in [2.75, 3.05) is 26.4 Å². The summed E-state index contributed by atoms with van der Waals surface area (Å²) in [7, 11) is 3.74. The number of nitrogens with zero attached hydrogens (tertiary/aromatic N) is 3. The van der Waals surface area contributed by atoms with Crippen LogP contribution in [0.15, 0.2) is 42.5 Å². The van der Waals surface area contributed by atoms with Crippen LogP contribution >= 0.6 is 0 Å². The second-order valence-electron chi connectivity index (χ2n) is 8.88. The number of fused-ring (bicyclic) bond motifs is 3. The van der Waals surface area contributed by atoms with Gasteiger partial charge in [0.1, 0.15) is 0 Å². The van der Waals surface area contributed by atoms with Crippen LogP contribution in [0, 0.1) is 11.3 Å². The minimum atomic E-state index is -0.651. The van der Waals surface area contributed by atoms with Crippen LogP contribution < -0.4 is 10.5 Å². The molecule has 5 heteroatoms. The van der Waals surface area contributed by atoms with Crippen molar-refractivity contribution in [3.63, 3.8) is 0 Å². The van der Waals surface area contributed by atoms with Gasteiger partial charge in [-0.1, -0.05) is 24.3 Å². The second-order valence-corrected chi connectivity index (χ2v) is 8.88. The Morgan fingerprint density at radius 3 is 2.52 bits per heavy atom. The molecule has 5 nitrogen and oxygen atoms in total. The van der Waals surface area contributed by atoms with Gasteiger partial charge in [-0.2, -0.15) is 5.26 Å². The van der Waals surface area contributed by atoms with Crippen molar-refractivity contribution in [1.29, 1.82) is 5.26 Å². The molecule has 0 amide bonds. The predicted molar refractivity (Wildman–Crippen MR) is 125 cm³/mol. The minimum Gasteiger partial charge on any atom is -0.481 e. The lowest BCUT2D eigenvalue weighted by atomic mass is 9.82. The predicted octanol–water partition coefficient (Wildman–Crippen LogP) is 4.62. The van der Waals surface area contributed by atoms with Crippen molar-refractivity contribution in [1.82, 2.24) is 9.88 Å². The zero-order valence-corrected chi connectivity index (χ0v) is 18.6. The Kier molecular flexibility index (Phi) is 5.84. The van der Waals surface area contributed by atoms with Crippen LogP contribution in [-0.4, -0.2) is 30.6 Å². The van der Waals surface area contributed by atoms with Crippen molar-refractivity contribution < 1.29 is 4.74 Å². The molecule has 0 spiro atoms. The number of hydrogen-bond donors (Lipinski definition) is 1. The first-order chi connectivity index (χ1) is 14.9. The van der Waals surface area contributed by atoms with Crippen molar-refractivity contribution in [2.45, 2.75) is 44.6 Å². The molecule has 4 rings (SSSR count). The Hall–Kier alpha value is -3.10. The fourth-order valence-electron chi connectivity index (χ4n) is 4.73. The van der Waals surface area contributed by atoms with Gasteiger partial charge in [0.25, 0.3) is 0 Å². The maximum absolute atomic E-state index is 10.1. The normalized spacial score (nSPS) is 15.3. The molecule has 160 valence electrons. The summed E-state index contributed by atoms with van der Waals surface area (Å²) < 4.78 is 5.62. The van der Waals surface area contributed by atoms with Gasteiger partial charge >= 0.3 is 0 Å². The molecule has 1 heterocycles. The Balaban J connectivity index is 1.64. The number of nitrogen functional groups attached to an aromatic ring is 1. The van der Waals surface area contributed by atoms with E-state index in [0.29, 0.717) is 6.54 Å². The number of anilines is 1. The lowest BCUT2D eigenvalue weighted by Crippen LogP contribution is -2.35. The van der Waals surface area contributed by atoms with E-state index >= 15 is 0 Å². The highest BCUT2D eigenvalue weighted by Gasteiger charge is 2.29. The molecule has 1 aromatic heterocycles.